The molecule has 2 aliphatic heterocycles. The summed E-state index contributed by atoms with van der Waals surface area (Å²) in [6.45, 7) is 16.2. The number of thiophene rings is 1. The van der Waals surface area contributed by atoms with E-state index in [4.69, 9.17) is 14.5 Å². The monoisotopic (exact) mass is 471 g/mol. The molecule has 0 atom stereocenters. The van der Waals surface area contributed by atoms with Gasteiger partial charge in [0.05, 0.1) is 25.4 Å². The number of morpholine rings is 1. The summed E-state index contributed by atoms with van der Waals surface area (Å²) in [5.41, 5.74) is 3.13. The minimum Gasteiger partial charge on any atom is -0.378 e. The number of nitrogens with one attached hydrogen (secondary N) is 1. The van der Waals surface area contributed by atoms with Gasteiger partial charge in [-0.3, -0.25) is 0 Å². The van der Waals surface area contributed by atoms with E-state index < -0.39 is 0 Å². The number of nitrogens with zero attached hydrogens (tertiary/aromatic N) is 6. The molecular formula is C23H33N7O2S. The van der Waals surface area contributed by atoms with Crippen LogP contribution in [0, 0.1) is 0 Å². The number of anilines is 2. The van der Waals surface area contributed by atoms with Gasteiger partial charge in [0.25, 0.3) is 0 Å². The molecule has 9 nitrogen and oxygen atoms in total. The maximum atomic E-state index is 6.22. The summed E-state index contributed by atoms with van der Waals surface area (Å²) in [5, 5.41) is 17.6. The minimum atomic E-state index is -0.233. The Morgan fingerprint density at radius 2 is 1.91 bits per heavy atom. The van der Waals surface area contributed by atoms with Gasteiger partial charge in [-0.2, -0.15) is 0 Å². The summed E-state index contributed by atoms with van der Waals surface area (Å²) < 4.78 is 12.8. The van der Waals surface area contributed by atoms with Gasteiger partial charge in [0.2, 0.25) is 0 Å². The van der Waals surface area contributed by atoms with Gasteiger partial charge < -0.3 is 24.6 Å². The van der Waals surface area contributed by atoms with E-state index in [0.29, 0.717) is 6.61 Å². The van der Waals surface area contributed by atoms with Crippen LogP contribution >= 0.6 is 11.3 Å². The molecule has 3 aromatic rings. The number of hydrogen-bond acceptors (Lipinski definition) is 10. The number of likely N-dealkylation sites (N-methyl/N-ethyl adjacent to an activating group) is 1. The highest BCUT2D eigenvalue weighted by Gasteiger charge is 2.33. The van der Waals surface area contributed by atoms with Crippen molar-refractivity contribution in [1.82, 2.24) is 25.3 Å². The maximum absolute atomic E-state index is 6.22. The number of ether oxygens (including phenoxy) is 2. The molecule has 0 amide bonds. The Balaban J connectivity index is 1.60. The van der Waals surface area contributed by atoms with Gasteiger partial charge in [0.15, 0.2) is 5.82 Å². The van der Waals surface area contributed by atoms with Crippen molar-refractivity contribution in [3.63, 3.8) is 0 Å². The van der Waals surface area contributed by atoms with Gasteiger partial charge in [-0.25, -0.2) is 4.98 Å². The number of hydrogen-bond donors (Lipinski definition) is 1. The Morgan fingerprint density at radius 1 is 1.12 bits per heavy atom. The molecule has 0 saturated carbocycles. The van der Waals surface area contributed by atoms with Gasteiger partial charge in [0.1, 0.15) is 20.9 Å². The molecule has 0 aliphatic carbocycles. The number of rotatable bonds is 7. The molecule has 1 saturated heterocycles. The summed E-state index contributed by atoms with van der Waals surface area (Å²) in [6, 6.07) is 0. The van der Waals surface area contributed by atoms with E-state index in [0.717, 1.165) is 91.0 Å². The van der Waals surface area contributed by atoms with E-state index >= 15 is 0 Å². The molecule has 5 rings (SSSR count). The highest BCUT2D eigenvalue weighted by Crippen LogP contribution is 2.43. The Morgan fingerprint density at radius 3 is 2.67 bits per heavy atom. The summed E-state index contributed by atoms with van der Waals surface area (Å²) in [6.07, 6.45) is 0.819. The molecule has 1 N–H and O–H groups in total. The average Bonchev–Trinajstić information content (AvgIpc) is 3.21. The molecule has 5 heterocycles. The lowest BCUT2D eigenvalue weighted by Gasteiger charge is -2.36. The zero-order valence-electron chi connectivity index (χ0n) is 20.0. The standard InChI is InChI=1S/C23H33N7O2S/c1-5-29(6-2)8-7-24-20-19-18(26-28-27-20)17-15-13-23(3,4)32-14-16(15)21(25-22(17)33-19)30-9-11-31-12-10-30/h5-14H2,1-4H3,(H,24,26,27). The Labute approximate surface area is 198 Å². The van der Waals surface area contributed by atoms with Crippen LogP contribution < -0.4 is 10.2 Å². The fourth-order valence-electron chi connectivity index (χ4n) is 4.74. The van der Waals surface area contributed by atoms with Crippen LogP contribution in [0.4, 0.5) is 11.6 Å². The molecule has 33 heavy (non-hydrogen) atoms. The summed E-state index contributed by atoms with van der Waals surface area (Å²) in [4.78, 5) is 10.9. The summed E-state index contributed by atoms with van der Waals surface area (Å²) >= 11 is 1.66. The lowest BCUT2D eigenvalue weighted by molar-refractivity contribution is -0.0396. The van der Waals surface area contributed by atoms with Crippen LogP contribution in [0.25, 0.3) is 20.4 Å². The first-order valence-electron chi connectivity index (χ1n) is 11.9. The smallest absolute Gasteiger partial charge is 0.170 e. The molecule has 0 radical (unpaired) electrons. The van der Waals surface area contributed by atoms with Crippen LogP contribution in [0.1, 0.15) is 38.8 Å². The fraction of sp³-hybridized carbons (Fsp3) is 0.652. The van der Waals surface area contributed by atoms with Crippen LogP contribution in [0.15, 0.2) is 0 Å². The average molecular weight is 472 g/mol. The first kappa shape index (κ1) is 22.6. The highest BCUT2D eigenvalue weighted by molar-refractivity contribution is 7.26. The first-order chi connectivity index (χ1) is 16.0. The van der Waals surface area contributed by atoms with Gasteiger partial charge in [-0.15, -0.1) is 21.5 Å². The second kappa shape index (κ2) is 9.25. The Bertz CT molecular complexity index is 1140. The van der Waals surface area contributed by atoms with Gasteiger partial charge in [-0.05, 0) is 37.7 Å². The fourth-order valence-corrected chi connectivity index (χ4v) is 5.84. The highest BCUT2D eigenvalue weighted by atomic mass is 32.1. The van der Waals surface area contributed by atoms with E-state index in [9.17, 15) is 0 Å². The van der Waals surface area contributed by atoms with Crippen molar-refractivity contribution in [2.45, 2.75) is 46.3 Å². The molecule has 0 aromatic carbocycles. The van der Waals surface area contributed by atoms with Crippen molar-refractivity contribution in [3.05, 3.63) is 11.1 Å². The van der Waals surface area contributed by atoms with Crippen molar-refractivity contribution >= 4 is 43.4 Å². The Kier molecular flexibility index (Phi) is 6.34. The third kappa shape index (κ3) is 4.37. The predicted octanol–water partition coefficient (Wildman–Crippen LogP) is 3.08. The SMILES string of the molecule is CCN(CC)CCNc1nnnc2c1sc1nc(N3CCOCC3)c3c(c12)CC(C)(C)OC3. The molecule has 178 valence electrons. The largest absolute Gasteiger partial charge is 0.378 e. The van der Waals surface area contributed by atoms with Gasteiger partial charge in [0, 0.05) is 43.5 Å². The zero-order valence-corrected chi connectivity index (χ0v) is 20.8. The topological polar surface area (TPSA) is 88.5 Å². The Hall–Kier alpha value is -2.14. The first-order valence-corrected chi connectivity index (χ1v) is 12.7. The van der Waals surface area contributed by atoms with Crippen molar-refractivity contribution in [3.8, 4) is 0 Å². The lowest BCUT2D eigenvalue weighted by Crippen LogP contribution is -2.39. The molecule has 0 spiro atoms. The molecule has 1 fully saturated rings. The second-order valence-electron chi connectivity index (χ2n) is 9.27. The van der Waals surface area contributed by atoms with E-state index in [2.05, 4.69) is 58.2 Å². The minimum absolute atomic E-state index is 0.233. The quantitative estimate of drug-likeness (QED) is 0.558. The van der Waals surface area contributed by atoms with E-state index in [-0.39, 0.29) is 5.60 Å². The molecule has 2 aliphatic rings. The maximum Gasteiger partial charge on any atom is 0.170 e. The van der Waals surface area contributed by atoms with Crippen molar-refractivity contribution in [1.29, 1.82) is 0 Å². The normalized spacial score (nSPS) is 18.3. The van der Waals surface area contributed by atoms with Gasteiger partial charge >= 0.3 is 0 Å². The number of pyridine rings is 1. The number of fused-ring (bicyclic) bond motifs is 5. The van der Waals surface area contributed by atoms with Crippen LogP contribution in [0.5, 0.6) is 0 Å². The predicted molar refractivity (Wildman–Crippen MR) is 132 cm³/mol. The van der Waals surface area contributed by atoms with Crippen molar-refractivity contribution in [2.75, 3.05) is 62.7 Å². The van der Waals surface area contributed by atoms with Crippen LogP contribution in [0.3, 0.4) is 0 Å². The molecule has 10 heteroatoms. The molecule has 0 unspecified atom stereocenters. The third-order valence-corrected chi connectivity index (χ3v) is 7.73. The second-order valence-corrected chi connectivity index (χ2v) is 10.3. The van der Waals surface area contributed by atoms with Crippen molar-refractivity contribution < 1.29 is 9.47 Å². The van der Waals surface area contributed by atoms with Crippen LogP contribution in [-0.4, -0.2) is 83.4 Å². The lowest BCUT2D eigenvalue weighted by atomic mass is 9.90. The van der Waals surface area contributed by atoms with Crippen molar-refractivity contribution in [2.24, 2.45) is 0 Å². The van der Waals surface area contributed by atoms with Crippen LogP contribution in [0.2, 0.25) is 0 Å². The molecule has 0 bridgehead atoms. The summed E-state index contributed by atoms with van der Waals surface area (Å²) in [7, 11) is 0. The van der Waals surface area contributed by atoms with Gasteiger partial charge in [-0.1, -0.05) is 13.8 Å². The van der Waals surface area contributed by atoms with E-state index in [1.807, 2.05) is 0 Å². The number of aromatic nitrogens is 4. The molecular weight excluding hydrogens is 438 g/mol. The van der Waals surface area contributed by atoms with Crippen LogP contribution in [-0.2, 0) is 22.5 Å². The van der Waals surface area contributed by atoms with E-state index in [1.54, 1.807) is 11.3 Å². The molecule has 3 aromatic heterocycles. The zero-order chi connectivity index (χ0) is 23.0. The van der Waals surface area contributed by atoms with E-state index in [1.165, 1.54) is 11.1 Å². The summed E-state index contributed by atoms with van der Waals surface area (Å²) in [5.74, 6) is 1.82. The third-order valence-electron chi connectivity index (χ3n) is 6.65.